The van der Waals surface area contributed by atoms with Crippen molar-refractivity contribution in [1.29, 1.82) is 0 Å². The van der Waals surface area contributed by atoms with Crippen molar-refractivity contribution in [2.75, 3.05) is 48.4 Å². The largest absolute Gasteiger partial charge is 0.465 e. The van der Waals surface area contributed by atoms with Crippen molar-refractivity contribution in [3.63, 3.8) is 0 Å². The number of carbonyl (C=O) groups excluding carboxylic acids is 1. The predicted molar refractivity (Wildman–Crippen MR) is 121 cm³/mol. The van der Waals surface area contributed by atoms with Crippen molar-refractivity contribution in [3.8, 4) is 0 Å². The first-order chi connectivity index (χ1) is 16.0. The second kappa shape index (κ2) is 9.47. The van der Waals surface area contributed by atoms with E-state index in [4.69, 9.17) is 0 Å². The van der Waals surface area contributed by atoms with Crippen LogP contribution in [0.15, 0.2) is 54.9 Å². The zero-order valence-corrected chi connectivity index (χ0v) is 17.8. The molecule has 1 aromatic heterocycles. The maximum atomic E-state index is 14.1. The van der Waals surface area contributed by atoms with Gasteiger partial charge in [-0.2, -0.15) is 0 Å². The molecule has 0 spiro atoms. The minimum Gasteiger partial charge on any atom is -0.465 e. The summed E-state index contributed by atoms with van der Waals surface area (Å²) in [5.41, 5.74) is 1.12. The standard InChI is InChI=1S/C22H21FN6O4/c1-33-22(30)15-6-8-16(9-7-15)26-20-19(29(31)32)21(25-14-24-20)28-12-10-27(11-13-28)18-5-3-2-4-17(18)23/h2-9,14H,10-13H2,1H3,(H,24,25,26). The van der Waals surface area contributed by atoms with Crippen LogP contribution in [0.3, 0.4) is 0 Å². The Balaban J connectivity index is 1.54. The van der Waals surface area contributed by atoms with E-state index in [0.717, 1.165) is 0 Å². The van der Waals surface area contributed by atoms with Gasteiger partial charge in [-0.1, -0.05) is 12.1 Å². The van der Waals surface area contributed by atoms with E-state index in [9.17, 15) is 19.3 Å². The Morgan fingerprint density at radius 1 is 1.06 bits per heavy atom. The molecule has 170 valence electrons. The monoisotopic (exact) mass is 452 g/mol. The number of methoxy groups -OCH3 is 1. The van der Waals surface area contributed by atoms with E-state index in [2.05, 4.69) is 20.0 Å². The maximum Gasteiger partial charge on any atom is 0.353 e. The number of benzene rings is 2. The number of hydrogen-bond donors (Lipinski definition) is 1. The van der Waals surface area contributed by atoms with Gasteiger partial charge in [-0.05, 0) is 36.4 Å². The van der Waals surface area contributed by atoms with E-state index in [1.807, 2.05) is 4.90 Å². The summed E-state index contributed by atoms with van der Waals surface area (Å²) in [6.45, 7) is 1.83. The third-order valence-electron chi connectivity index (χ3n) is 5.33. The van der Waals surface area contributed by atoms with E-state index in [-0.39, 0.29) is 23.1 Å². The van der Waals surface area contributed by atoms with E-state index in [1.165, 1.54) is 19.5 Å². The van der Waals surface area contributed by atoms with Crippen molar-refractivity contribution < 1.29 is 18.8 Å². The van der Waals surface area contributed by atoms with Crippen molar-refractivity contribution in [2.45, 2.75) is 0 Å². The van der Waals surface area contributed by atoms with Gasteiger partial charge in [0, 0.05) is 31.9 Å². The van der Waals surface area contributed by atoms with E-state index < -0.39 is 10.9 Å². The van der Waals surface area contributed by atoms with Crippen LogP contribution >= 0.6 is 0 Å². The molecular weight excluding hydrogens is 431 g/mol. The summed E-state index contributed by atoms with van der Waals surface area (Å²) in [5.74, 6) is -0.556. The van der Waals surface area contributed by atoms with E-state index >= 15 is 0 Å². The van der Waals surface area contributed by atoms with Crippen LogP contribution in [-0.4, -0.2) is 54.1 Å². The van der Waals surface area contributed by atoms with Crippen LogP contribution < -0.4 is 15.1 Å². The molecular formula is C22H21FN6O4. The van der Waals surface area contributed by atoms with Crippen LogP contribution in [0.4, 0.5) is 33.1 Å². The van der Waals surface area contributed by atoms with Gasteiger partial charge < -0.3 is 19.9 Å². The first-order valence-corrected chi connectivity index (χ1v) is 10.2. The molecule has 0 atom stereocenters. The Labute approximate surface area is 188 Å². The summed E-state index contributed by atoms with van der Waals surface area (Å²) in [7, 11) is 1.29. The smallest absolute Gasteiger partial charge is 0.353 e. The normalized spacial score (nSPS) is 13.5. The first-order valence-electron chi connectivity index (χ1n) is 10.2. The van der Waals surface area contributed by atoms with Gasteiger partial charge in [0.05, 0.1) is 23.3 Å². The number of para-hydroxylation sites is 1. The topological polar surface area (TPSA) is 114 Å². The number of aromatic nitrogens is 2. The van der Waals surface area contributed by atoms with Gasteiger partial charge in [-0.25, -0.2) is 19.2 Å². The highest BCUT2D eigenvalue weighted by molar-refractivity contribution is 5.90. The quantitative estimate of drug-likeness (QED) is 0.341. The van der Waals surface area contributed by atoms with Gasteiger partial charge in [0.25, 0.3) is 0 Å². The number of halogens is 1. The van der Waals surface area contributed by atoms with Crippen molar-refractivity contribution in [2.24, 2.45) is 0 Å². The first kappa shape index (κ1) is 21.9. The lowest BCUT2D eigenvalue weighted by Crippen LogP contribution is -2.47. The highest BCUT2D eigenvalue weighted by Gasteiger charge is 2.30. The van der Waals surface area contributed by atoms with Crippen LogP contribution in [0.25, 0.3) is 0 Å². The molecule has 10 nitrogen and oxygen atoms in total. The molecule has 3 aromatic rings. The molecule has 0 amide bonds. The Morgan fingerprint density at radius 3 is 2.36 bits per heavy atom. The van der Waals surface area contributed by atoms with Crippen molar-refractivity contribution >= 4 is 34.7 Å². The molecule has 0 aliphatic carbocycles. The number of nitrogens with one attached hydrogen (secondary N) is 1. The number of carbonyl (C=O) groups is 1. The van der Waals surface area contributed by atoms with Crippen LogP contribution in [0.5, 0.6) is 0 Å². The van der Waals surface area contributed by atoms with Crippen molar-refractivity contribution in [3.05, 3.63) is 76.4 Å². The van der Waals surface area contributed by atoms with Crippen LogP contribution in [0, 0.1) is 15.9 Å². The number of hydrogen-bond acceptors (Lipinski definition) is 9. The van der Waals surface area contributed by atoms with Gasteiger partial charge in [0.2, 0.25) is 11.6 Å². The Bertz CT molecular complexity index is 1170. The van der Waals surface area contributed by atoms with E-state index in [0.29, 0.717) is 43.1 Å². The number of nitrogens with zero attached hydrogens (tertiary/aromatic N) is 5. The Hall–Kier alpha value is -4.28. The molecule has 1 aliphatic rings. The summed E-state index contributed by atoms with van der Waals surface area (Å²) in [5, 5.41) is 14.9. The minimum absolute atomic E-state index is 0.0346. The molecule has 1 saturated heterocycles. The SMILES string of the molecule is COC(=O)c1ccc(Nc2ncnc(N3CCN(c4ccccc4F)CC3)c2[N+](=O)[O-])cc1. The van der Waals surface area contributed by atoms with Gasteiger partial charge in [-0.15, -0.1) is 0 Å². The number of piperazine rings is 1. The summed E-state index contributed by atoms with van der Waals surface area (Å²) >= 11 is 0. The number of rotatable bonds is 6. The number of anilines is 4. The summed E-state index contributed by atoms with van der Waals surface area (Å²) in [4.78, 5) is 34.9. The molecule has 33 heavy (non-hydrogen) atoms. The second-order valence-electron chi connectivity index (χ2n) is 7.27. The second-order valence-corrected chi connectivity index (χ2v) is 7.27. The average molecular weight is 452 g/mol. The molecule has 2 aromatic carbocycles. The lowest BCUT2D eigenvalue weighted by molar-refractivity contribution is -0.383. The molecule has 1 fully saturated rings. The van der Waals surface area contributed by atoms with Gasteiger partial charge in [0.1, 0.15) is 12.1 Å². The lowest BCUT2D eigenvalue weighted by Gasteiger charge is -2.36. The molecule has 2 heterocycles. The highest BCUT2D eigenvalue weighted by Crippen LogP contribution is 2.34. The molecule has 4 rings (SSSR count). The fourth-order valence-electron chi connectivity index (χ4n) is 3.67. The Kier molecular flexibility index (Phi) is 6.29. The fraction of sp³-hybridized carbons (Fsp3) is 0.227. The third-order valence-corrected chi connectivity index (χ3v) is 5.33. The highest BCUT2D eigenvalue weighted by atomic mass is 19.1. The van der Waals surface area contributed by atoms with Gasteiger partial charge in [0.15, 0.2) is 0 Å². The molecule has 0 unspecified atom stereocenters. The third kappa shape index (κ3) is 4.66. The summed E-state index contributed by atoms with van der Waals surface area (Å²) in [6.07, 6.45) is 1.26. The summed E-state index contributed by atoms with van der Waals surface area (Å²) < 4.78 is 18.8. The van der Waals surface area contributed by atoms with Gasteiger partial charge in [-0.3, -0.25) is 10.1 Å². The number of ether oxygens (including phenoxy) is 1. The average Bonchev–Trinajstić information content (AvgIpc) is 2.84. The molecule has 11 heteroatoms. The van der Waals surface area contributed by atoms with Gasteiger partial charge >= 0.3 is 11.7 Å². The van der Waals surface area contributed by atoms with E-state index in [1.54, 1.807) is 47.4 Å². The molecule has 1 aliphatic heterocycles. The molecule has 0 bridgehead atoms. The molecule has 1 N–H and O–H groups in total. The molecule has 0 radical (unpaired) electrons. The van der Waals surface area contributed by atoms with Crippen molar-refractivity contribution in [1.82, 2.24) is 9.97 Å². The lowest BCUT2D eigenvalue weighted by atomic mass is 10.2. The molecule has 0 saturated carbocycles. The Morgan fingerprint density at radius 2 is 1.73 bits per heavy atom. The summed E-state index contributed by atoms with van der Waals surface area (Å²) in [6, 6.07) is 12.8. The predicted octanol–water partition coefficient (Wildman–Crippen LogP) is 3.38. The van der Waals surface area contributed by atoms with Crippen LogP contribution in [0.1, 0.15) is 10.4 Å². The number of esters is 1. The zero-order valence-electron chi connectivity index (χ0n) is 17.8. The van der Waals surface area contributed by atoms with Crippen LogP contribution in [-0.2, 0) is 4.74 Å². The van der Waals surface area contributed by atoms with Crippen LogP contribution in [0.2, 0.25) is 0 Å². The maximum absolute atomic E-state index is 14.1. The number of nitro groups is 1. The zero-order chi connectivity index (χ0) is 23.4. The minimum atomic E-state index is -0.524. The fourth-order valence-corrected chi connectivity index (χ4v) is 3.67.